The second kappa shape index (κ2) is 24.1. The number of rotatable bonds is 9. The number of benzene rings is 2. The zero-order chi connectivity index (χ0) is 52.9. The summed E-state index contributed by atoms with van der Waals surface area (Å²) in [5.41, 5.74) is 14.2. The lowest BCUT2D eigenvalue weighted by Crippen LogP contribution is -2.36. The molecule has 1 atom stereocenters. The van der Waals surface area contributed by atoms with Crippen LogP contribution in [-0.2, 0) is 23.6 Å². The van der Waals surface area contributed by atoms with Crippen molar-refractivity contribution in [2.24, 2.45) is 25.9 Å². The first-order valence-electron chi connectivity index (χ1n) is 25.1. The Morgan fingerprint density at radius 3 is 1.53 bits per heavy atom. The fourth-order valence-electron chi connectivity index (χ4n) is 9.72. The summed E-state index contributed by atoms with van der Waals surface area (Å²) in [6.45, 7) is 11.2. The summed E-state index contributed by atoms with van der Waals surface area (Å²) < 4.78 is 95.5. The van der Waals surface area contributed by atoms with E-state index in [9.17, 15) is 31.1 Å². The summed E-state index contributed by atoms with van der Waals surface area (Å²) in [6.07, 6.45) is 11.0. The first-order chi connectivity index (χ1) is 35.2. The molecule has 4 aliphatic rings. The zero-order valence-corrected chi connectivity index (χ0v) is 44.0. The van der Waals surface area contributed by atoms with E-state index in [-0.39, 0.29) is 49.2 Å². The van der Waals surface area contributed by atoms with Crippen LogP contribution >= 0.6 is 12.4 Å². The number of urea groups is 1. The van der Waals surface area contributed by atoms with Crippen LogP contribution in [-0.4, -0.2) is 118 Å². The number of aromatic nitrogens is 6. The predicted octanol–water partition coefficient (Wildman–Crippen LogP) is 11.2. The Bertz CT molecular complexity index is 2910. The second-order valence-electron chi connectivity index (χ2n) is 19.8. The molecule has 0 radical (unpaired) electrons. The number of amides is 2. The monoisotopic (exact) mass is 1070 g/mol. The third kappa shape index (κ3) is 14.1. The number of nitrogens with zero attached hydrogens (tertiary/aromatic N) is 9. The number of carbonyl (C=O) groups is 1. The highest BCUT2D eigenvalue weighted by Crippen LogP contribution is 2.39. The van der Waals surface area contributed by atoms with Gasteiger partial charge in [-0.1, -0.05) is 12.8 Å². The van der Waals surface area contributed by atoms with Crippen LogP contribution in [0.4, 0.5) is 54.1 Å². The Morgan fingerprint density at radius 2 is 1.11 bits per heavy atom. The number of hydrogen-bond acceptors (Lipinski definition) is 10. The van der Waals surface area contributed by atoms with E-state index in [1.54, 1.807) is 40.8 Å². The molecule has 0 spiro atoms. The fourth-order valence-corrected chi connectivity index (χ4v) is 9.72. The molecular weight excluding hydrogens is 1000 g/mol. The van der Waals surface area contributed by atoms with Crippen LogP contribution in [0, 0.1) is 37.3 Å². The molecule has 3 saturated heterocycles. The van der Waals surface area contributed by atoms with Gasteiger partial charge in [-0.25, -0.2) is 41.1 Å². The van der Waals surface area contributed by atoms with Crippen molar-refractivity contribution in [2.45, 2.75) is 71.6 Å². The molecule has 3 aliphatic heterocycles. The highest BCUT2D eigenvalue weighted by Gasteiger charge is 2.41. The van der Waals surface area contributed by atoms with Crippen LogP contribution in [0.1, 0.15) is 57.1 Å². The lowest BCUT2D eigenvalue weighted by Gasteiger charge is -2.28. The number of nitrogen functional groups attached to an aromatic ring is 1. The van der Waals surface area contributed by atoms with Gasteiger partial charge in [0.1, 0.15) is 23.3 Å². The number of halogens is 7. The third-order valence-electron chi connectivity index (χ3n) is 14.1. The van der Waals surface area contributed by atoms with Crippen molar-refractivity contribution in [3.05, 3.63) is 96.1 Å². The van der Waals surface area contributed by atoms with Crippen LogP contribution < -0.4 is 20.9 Å². The van der Waals surface area contributed by atoms with Gasteiger partial charge in [-0.2, -0.15) is 10.2 Å². The molecule has 1 saturated carbocycles. The molecule has 1 unspecified atom stereocenters. The number of carbonyl (C=O) groups excluding carboxylic acids is 1. The maximum absolute atomic E-state index is 15.0. The van der Waals surface area contributed by atoms with Crippen molar-refractivity contribution in [1.82, 2.24) is 34.4 Å². The molecule has 4 fully saturated rings. The van der Waals surface area contributed by atoms with Crippen LogP contribution in [0.3, 0.4) is 0 Å². The molecule has 404 valence electrons. The average molecular weight is 1070 g/mol. The molecule has 10 rings (SSSR count). The quantitative estimate of drug-likeness (QED) is 0.106. The number of anilines is 4. The van der Waals surface area contributed by atoms with Gasteiger partial charge in [0.2, 0.25) is 11.8 Å². The van der Waals surface area contributed by atoms with Crippen molar-refractivity contribution in [1.29, 1.82) is 0 Å². The summed E-state index contributed by atoms with van der Waals surface area (Å²) in [6, 6.07) is 13.4. The highest BCUT2D eigenvalue weighted by molar-refractivity contribution is 5.91. The largest absolute Gasteiger partial charge is 0.396 e. The number of hydrogen-bond donors (Lipinski definition) is 2. The van der Waals surface area contributed by atoms with Crippen LogP contribution in [0.25, 0.3) is 44.8 Å². The van der Waals surface area contributed by atoms with E-state index < -0.39 is 35.4 Å². The van der Waals surface area contributed by atoms with Crippen LogP contribution in [0.15, 0.2) is 73.3 Å². The first-order valence-corrected chi connectivity index (χ1v) is 25.1. The molecule has 14 nitrogen and oxygen atoms in total. The summed E-state index contributed by atoms with van der Waals surface area (Å²) in [5.74, 6) is -5.87. The minimum Gasteiger partial charge on any atom is -0.396 e. The standard InChI is InChI=1S/C27H31F3N6O2.C20H22FN5O.C7H12F2.ClH/c1-17-10-22(28)24(33-26(37)36-5-4-20(16-36)27(2,29)30)13-21(17)18-11-23(19-14-31-34(3)15-19)32-25(12-18)35-6-8-38-9-7-35;1-13-7-17(21)18(22)10-16(13)14-8-19(15-11-23-25(2)12-15)24-20(9-14)26-3-5-27-6-4-26;1-7(8,9)6-4-2-3-5-6;/h10-15,20H,4-9,16H2,1-3H3,(H,33,37);7-12H,3-6,22H2,1-2H3;6H,2-5H2,1H3;1H. The SMILES string of the molecule is CC(F)(F)C1CCCC1.Cc1cc(F)c(N)cc1-c1cc(-c2cnn(C)c2)nc(N2CCOCC2)c1.Cc1cc(F)c(NC(=O)N2CCC(C(C)(F)F)C2)cc1-c1cc(-c2cnn(C)c2)nc(N2CCOCC2)c1.Cl. The van der Waals surface area contributed by atoms with E-state index in [1.165, 1.54) is 17.0 Å². The lowest BCUT2D eigenvalue weighted by atomic mass is 9.98. The topological polar surface area (TPSA) is 145 Å². The normalized spacial score (nSPS) is 17.2. The van der Waals surface area contributed by atoms with E-state index in [1.807, 2.05) is 57.7 Å². The number of pyridine rings is 2. The molecule has 21 heteroatoms. The molecular formula is C54H66ClF6N11O3. The number of ether oxygens (including phenoxy) is 2. The first kappa shape index (κ1) is 56.3. The van der Waals surface area contributed by atoms with Crippen molar-refractivity contribution in [2.75, 3.05) is 86.5 Å². The highest BCUT2D eigenvalue weighted by atomic mass is 35.5. The molecule has 7 heterocycles. The van der Waals surface area contributed by atoms with Gasteiger partial charge in [-0.05, 0) is 129 Å². The number of likely N-dealkylation sites (tertiary alicyclic amines) is 1. The fraction of sp³-hybridized carbons (Fsp3) is 0.463. The molecule has 0 bridgehead atoms. The van der Waals surface area contributed by atoms with Gasteiger partial charge in [-0.15, -0.1) is 12.4 Å². The summed E-state index contributed by atoms with van der Waals surface area (Å²) in [4.78, 5) is 28.2. The van der Waals surface area contributed by atoms with E-state index in [4.69, 9.17) is 25.2 Å². The predicted molar refractivity (Wildman–Crippen MR) is 283 cm³/mol. The van der Waals surface area contributed by atoms with E-state index in [0.29, 0.717) is 45.1 Å². The van der Waals surface area contributed by atoms with E-state index >= 15 is 0 Å². The van der Waals surface area contributed by atoms with Gasteiger partial charge < -0.3 is 35.2 Å². The number of aryl methyl sites for hydroxylation is 4. The van der Waals surface area contributed by atoms with Crippen molar-refractivity contribution >= 4 is 41.4 Å². The smallest absolute Gasteiger partial charge is 0.321 e. The molecule has 2 aromatic carbocycles. The molecule has 75 heavy (non-hydrogen) atoms. The van der Waals surface area contributed by atoms with Crippen LogP contribution in [0.2, 0.25) is 0 Å². The zero-order valence-electron chi connectivity index (χ0n) is 43.2. The molecule has 6 aromatic rings. The Balaban J connectivity index is 0.000000192. The Morgan fingerprint density at radius 1 is 0.640 bits per heavy atom. The minimum atomic E-state index is -2.87. The van der Waals surface area contributed by atoms with Gasteiger partial charge in [0.25, 0.3) is 0 Å². The Kier molecular flexibility index (Phi) is 18.1. The van der Waals surface area contributed by atoms with Crippen molar-refractivity contribution in [3.63, 3.8) is 0 Å². The summed E-state index contributed by atoms with van der Waals surface area (Å²) >= 11 is 0. The lowest BCUT2D eigenvalue weighted by molar-refractivity contribution is -0.0368. The number of nitrogens with two attached hydrogens (primary N) is 1. The van der Waals surface area contributed by atoms with Crippen molar-refractivity contribution < 1.29 is 40.6 Å². The summed E-state index contributed by atoms with van der Waals surface area (Å²) in [5, 5.41) is 11.1. The Hall–Kier alpha value is -6.38. The average Bonchev–Trinajstić information content (AvgIpc) is 4.24. The van der Waals surface area contributed by atoms with Gasteiger partial charge in [0.15, 0.2) is 0 Å². The Labute approximate surface area is 440 Å². The van der Waals surface area contributed by atoms with E-state index in [0.717, 1.165) is 115 Å². The molecule has 1 aliphatic carbocycles. The van der Waals surface area contributed by atoms with E-state index in [2.05, 4.69) is 25.3 Å². The van der Waals surface area contributed by atoms with Gasteiger partial charge in [-0.3, -0.25) is 9.36 Å². The third-order valence-corrected chi connectivity index (χ3v) is 14.1. The van der Waals surface area contributed by atoms with Gasteiger partial charge >= 0.3 is 6.03 Å². The maximum Gasteiger partial charge on any atom is 0.321 e. The minimum absolute atomic E-state index is 0. The van der Waals surface area contributed by atoms with Crippen LogP contribution in [0.5, 0.6) is 0 Å². The van der Waals surface area contributed by atoms with Crippen molar-refractivity contribution in [3.8, 4) is 44.8 Å². The number of morpholine rings is 2. The summed E-state index contributed by atoms with van der Waals surface area (Å²) in [7, 11) is 3.71. The second-order valence-corrected chi connectivity index (χ2v) is 19.8. The number of nitrogens with one attached hydrogen (secondary N) is 1. The number of alkyl halides is 4. The van der Waals surface area contributed by atoms with Gasteiger partial charge in [0.05, 0.1) is 61.6 Å². The molecule has 2 amide bonds. The maximum atomic E-state index is 15.0. The molecule has 3 N–H and O–H groups in total. The molecule has 4 aromatic heterocycles. The van der Waals surface area contributed by atoms with Gasteiger partial charge in [0, 0.05) is 88.7 Å².